The molecule has 1 saturated heterocycles. The molecule has 0 bridgehead atoms. The molecule has 1 fully saturated rings. The molecule has 1 aliphatic heterocycles. The number of ether oxygens (including phenoxy) is 1. The van der Waals surface area contributed by atoms with Crippen LogP contribution in [0.15, 0.2) is 41.9 Å². The molecule has 2 amide bonds. The molecule has 0 spiro atoms. The summed E-state index contributed by atoms with van der Waals surface area (Å²) in [5, 5.41) is 5.20. The first-order valence-corrected chi connectivity index (χ1v) is 11.2. The Morgan fingerprint density at radius 3 is 2.73 bits per heavy atom. The number of carbonyl (C=O) groups is 1. The van der Waals surface area contributed by atoms with E-state index in [0.717, 1.165) is 61.6 Å². The number of fused-ring (bicyclic) bond motifs is 1. The van der Waals surface area contributed by atoms with Crippen molar-refractivity contribution in [2.75, 3.05) is 36.9 Å². The van der Waals surface area contributed by atoms with E-state index in [0.29, 0.717) is 16.5 Å². The van der Waals surface area contributed by atoms with E-state index >= 15 is 0 Å². The van der Waals surface area contributed by atoms with Crippen LogP contribution in [0.4, 0.5) is 24.3 Å². The summed E-state index contributed by atoms with van der Waals surface area (Å²) in [6, 6.07) is 8.61. The number of hydrogen-bond acceptors (Lipinski definition) is 6. The summed E-state index contributed by atoms with van der Waals surface area (Å²) in [5.41, 5.74) is 4.27. The van der Waals surface area contributed by atoms with Crippen molar-refractivity contribution in [3.8, 4) is 11.5 Å². The molecule has 0 radical (unpaired) electrons. The van der Waals surface area contributed by atoms with E-state index in [-0.39, 0.29) is 0 Å². The molecular formula is C22H20F2N6O2S. The average Bonchev–Trinajstić information content (AvgIpc) is 3.43. The van der Waals surface area contributed by atoms with Crippen molar-refractivity contribution in [2.45, 2.75) is 6.54 Å². The number of para-hydroxylation sites is 1. The second-order valence-corrected chi connectivity index (χ2v) is 8.39. The number of imidazole rings is 1. The van der Waals surface area contributed by atoms with Gasteiger partial charge in [0.15, 0.2) is 5.82 Å². The highest BCUT2D eigenvalue weighted by Gasteiger charge is 2.18. The van der Waals surface area contributed by atoms with Gasteiger partial charge in [-0.2, -0.15) is 0 Å². The number of benzene rings is 2. The number of urea groups is 1. The summed E-state index contributed by atoms with van der Waals surface area (Å²) >= 11 is 1.18. The van der Waals surface area contributed by atoms with Gasteiger partial charge in [-0.1, -0.05) is 12.1 Å². The topological polar surface area (TPSA) is 95.2 Å². The molecule has 0 atom stereocenters. The summed E-state index contributed by atoms with van der Waals surface area (Å²) in [4.78, 5) is 26.8. The molecule has 170 valence electrons. The molecule has 5 rings (SSSR count). The summed E-state index contributed by atoms with van der Waals surface area (Å²) in [6.07, 6.45) is 0. The van der Waals surface area contributed by atoms with Crippen LogP contribution in [0.1, 0.15) is 5.56 Å². The zero-order valence-corrected chi connectivity index (χ0v) is 18.2. The minimum Gasteiger partial charge on any atom is -0.379 e. The lowest BCUT2D eigenvalue weighted by Gasteiger charge is -2.26. The second-order valence-electron chi connectivity index (χ2n) is 7.53. The zero-order chi connectivity index (χ0) is 22.8. The van der Waals surface area contributed by atoms with Crippen LogP contribution in [0.25, 0.3) is 22.6 Å². The van der Waals surface area contributed by atoms with Crippen molar-refractivity contribution >= 4 is 39.1 Å². The molecule has 3 heterocycles. The number of H-pyrrole nitrogens is 1. The third-order valence-corrected chi connectivity index (χ3v) is 6.02. The van der Waals surface area contributed by atoms with Crippen molar-refractivity contribution in [3.63, 3.8) is 0 Å². The first kappa shape index (κ1) is 21.4. The number of halogens is 2. The second kappa shape index (κ2) is 9.22. The number of amides is 2. The molecule has 2 aromatic heterocycles. The van der Waals surface area contributed by atoms with Gasteiger partial charge in [0.05, 0.1) is 29.8 Å². The van der Waals surface area contributed by atoms with Crippen molar-refractivity contribution in [2.24, 2.45) is 0 Å². The Balaban J connectivity index is 1.33. The normalized spacial score (nSPS) is 14.5. The fourth-order valence-corrected chi connectivity index (χ4v) is 4.33. The predicted octanol–water partition coefficient (Wildman–Crippen LogP) is 4.44. The Kier molecular flexibility index (Phi) is 5.99. The zero-order valence-electron chi connectivity index (χ0n) is 17.4. The number of nitrogens with zero attached hydrogens (tertiary/aromatic N) is 3. The number of hydrogen-bond donors (Lipinski definition) is 3. The Hall–Kier alpha value is -3.41. The van der Waals surface area contributed by atoms with E-state index in [1.54, 1.807) is 5.51 Å². The molecule has 8 nitrogen and oxygen atoms in total. The number of rotatable bonds is 5. The minimum absolute atomic E-state index is 0.400. The molecule has 0 saturated carbocycles. The van der Waals surface area contributed by atoms with Crippen LogP contribution in [-0.4, -0.2) is 52.2 Å². The van der Waals surface area contributed by atoms with Gasteiger partial charge in [0.2, 0.25) is 0 Å². The van der Waals surface area contributed by atoms with Gasteiger partial charge in [-0.15, -0.1) is 11.3 Å². The number of morpholine rings is 1. The van der Waals surface area contributed by atoms with E-state index in [9.17, 15) is 13.6 Å². The van der Waals surface area contributed by atoms with Gasteiger partial charge >= 0.3 is 6.03 Å². The van der Waals surface area contributed by atoms with Gasteiger partial charge in [0.25, 0.3) is 0 Å². The predicted molar refractivity (Wildman–Crippen MR) is 122 cm³/mol. The Morgan fingerprint density at radius 1 is 1.15 bits per heavy atom. The highest BCUT2D eigenvalue weighted by Crippen LogP contribution is 2.30. The molecule has 4 aromatic rings. The lowest BCUT2D eigenvalue weighted by molar-refractivity contribution is 0.0342. The third kappa shape index (κ3) is 4.70. The molecule has 33 heavy (non-hydrogen) atoms. The Morgan fingerprint density at radius 2 is 1.94 bits per heavy atom. The largest absolute Gasteiger partial charge is 0.379 e. The maximum absolute atomic E-state index is 13.8. The van der Waals surface area contributed by atoms with E-state index in [2.05, 4.69) is 36.6 Å². The van der Waals surface area contributed by atoms with Crippen LogP contribution in [-0.2, 0) is 11.3 Å². The maximum Gasteiger partial charge on any atom is 0.324 e. The number of carbonyl (C=O) groups excluding carboxylic acids is 1. The van der Waals surface area contributed by atoms with Gasteiger partial charge in [-0.25, -0.2) is 23.5 Å². The lowest BCUT2D eigenvalue weighted by atomic mass is 10.2. The van der Waals surface area contributed by atoms with Crippen LogP contribution >= 0.6 is 11.3 Å². The van der Waals surface area contributed by atoms with E-state index < -0.39 is 23.4 Å². The average molecular weight is 471 g/mol. The van der Waals surface area contributed by atoms with Crippen LogP contribution in [0, 0.1) is 11.6 Å². The molecule has 2 aromatic carbocycles. The third-order valence-electron chi connectivity index (χ3n) is 5.28. The number of aromatic amines is 1. The fraction of sp³-hybridized carbons (Fsp3) is 0.227. The monoisotopic (exact) mass is 470 g/mol. The first-order valence-electron chi connectivity index (χ1n) is 10.3. The van der Waals surface area contributed by atoms with Crippen molar-refractivity contribution in [1.29, 1.82) is 0 Å². The minimum atomic E-state index is -0.861. The number of nitrogens with one attached hydrogen (secondary N) is 3. The van der Waals surface area contributed by atoms with Crippen LogP contribution in [0.3, 0.4) is 0 Å². The number of anilines is 2. The van der Waals surface area contributed by atoms with Crippen molar-refractivity contribution < 1.29 is 18.3 Å². The molecule has 0 unspecified atom stereocenters. The van der Waals surface area contributed by atoms with Crippen LogP contribution in [0.5, 0.6) is 0 Å². The Labute approximate surface area is 191 Å². The van der Waals surface area contributed by atoms with Gasteiger partial charge in [0.1, 0.15) is 28.0 Å². The van der Waals surface area contributed by atoms with Gasteiger partial charge < -0.3 is 15.0 Å². The quantitative estimate of drug-likeness (QED) is 0.401. The van der Waals surface area contributed by atoms with Gasteiger partial charge in [-0.3, -0.25) is 10.2 Å². The standard InChI is InChI=1S/C22H20F2N6O2S/c23-14-2-1-3-15(24)18(14)28-22(31)29-21-19(25-12-33-21)20-26-16-5-4-13(10-17(16)27-20)11-30-6-8-32-9-7-30/h1-5,10,12H,6-9,11H2,(H,26,27)(H2,28,29,31). The summed E-state index contributed by atoms with van der Waals surface area (Å²) in [7, 11) is 0. The Bertz CT molecular complexity index is 1280. The van der Waals surface area contributed by atoms with E-state index in [4.69, 9.17) is 4.74 Å². The van der Waals surface area contributed by atoms with Crippen molar-refractivity contribution in [3.05, 3.63) is 59.1 Å². The number of aromatic nitrogens is 3. The maximum atomic E-state index is 13.8. The molecular weight excluding hydrogens is 450 g/mol. The summed E-state index contributed by atoms with van der Waals surface area (Å²) in [6.45, 7) is 4.11. The van der Waals surface area contributed by atoms with Gasteiger partial charge in [-0.05, 0) is 29.8 Å². The highest BCUT2D eigenvalue weighted by atomic mass is 32.1. The smallest absolute Gasteiger partial charge is 0.324 e. The summed E-state index contributed by atoms with van der Waals surface area (Å²) < 4.78 is 33.0. The van der Waals surface area contributed by atoms with Crippen LogP contribution in [0.2, 0.25) is 0 Å². The lowest BCUT2D eigenvalue weighted by Crippen LogP contribution is -2.35. The molecule has 1 aliphatic rings. The van der Waals surface area contributed by atoms with E-state index in [1.165, 1.54) is 17.4 Å². The van der Waals surface area contributed by atoms with E-state index in [1.807, 2.05) is 12.1 Å². The number of thiazole rings is 1. The molecule has 0 aliphatic carbocycles. The highest BCUT2D eigenvalue weighted by molar-refractivity contribution is 7.14. The SMILES string of the molecule is O=C(Nc1scnc1-c1nc2ccc(CN3CCOCC3)cc2[nH]1)Nc1c(F)cccc1F. The summed E-state index contributed by atoms with van der Waals surface area (Å²) in [5.74, 6) is -1.23. The first-order chi connectivity index (χ1) is 16.1. The molecule has 3 N–H and O–H groups in total. The van der Waals surface area contributed by atoms with Gasteiger partial charge in [0, 0.05) is 19.6 Å². The fourth-order valence-electron chi connectivity index (χ4n) is 3.65. The molecule has 11 heteroatoms. The van der Waals surface area contributed by atoms with Crippen LogP contribution < -0.4 is 10.6 Å². The van der Waals surface area contributed by atoms with Crippen molar-refractivity contribution in [1.82, 2.24) is 19.9 Å².